The Balaban J connectivity index is 1.85. The van der Waals surface area contributed by atoms with Gasteiger partial charge in [-0.15, -0.1) is 0 Å². The molecule has 1 fully saturated rings. The number of fused-ring (bicyclic) bond motifs is 1. The van der Waals surface area contributed by atoms with Gasteiger partial charge in [0.05, 0.1) is 20.8 Å². The summed E-state index contributed by atoms with van der Waals surface area (Å²) in [6.07, 6.45) is -0.748. The number of carbonyl (C=O) groups is 2. The van der Waals surface area contributed by atoms with Crippen LogP contribution in [-0.4, -0.2) is 39.2 Å². The molecule has 0 saturated carbocycles. The van der Waals surface area contributed by atoms with Gasteiger partial charge < -0.3 is 18.9 Å². The van der Waals surface area contributed by atoms with Crippen LogP contribution in [0.1, 0.15) is 24.2 Å². The molecule has 0 spiro atoms. The molecule has 2 atom stereocenters. The Bertz CT molecular complexity index is 973. The van der Waals surface area contributed by atoms with Gasteiger partial charge in [-0.05, 0) is 53.5 Å². The summed E-state index contributed by atoms with van der Waals surface area (Å²) in [5.74, 6) is 0.561. The molecule has 1 saturated heterocycles. The van der Waals surface area contributed by atoms with Gasteiger partial charge in [0.2, 0.25) is 0 Å². The molecule has 0 N–H and O–H groups in total. The number of ketones is 1. The Morgan fingerprint density at radius 3 is 2.10 bits per heavy atom. The number of hydrogen-bond acceptors (Lipinski definition) is 6. The summed E-state index contributed by atoms with van der Waals surface area (Å²) in [6, 6.07) is 14.7. The molecule has 2 aromatic carbocycles. The van der Waals surface area contributed by atoms with Crippen LogP contribution >= 0.6 is 0 Å². The molecule has 6 nitrogen and oxygen atoms in total. The second-order valence-electron chi connectivity index (χ2n) is 7.09. The van der Waals surface area contributed by atoms with E-state index in [1.165, 1.54) is 6.92 Å². The second-order valence-corrected chi connectivity index (χ2v) is 7.09. The summed E-state index contributed by atoms with van der Waals surface area (Å²) < 4.78 is 22.0. The Kier molecular flexibility index (Phi) is 4.88. The van der Waals surface area contributed by atoms with Crippen LogP contribution < -0.4 is 9.47 Å². The average molecular weight is 394 g/mol. The summed E-state index contributed by atoms with van der Waals surface area (Å²) >= 11 is 0. The smallest absolute Gasteiger partial charge is 0.327 e. The minimum Gasteiger partial charge on any atom is -0.497 e. The maximum atomic E-state index is 13.0. The monoisotopic (exact) mass is 394 g/mol. The van der Waals surface area contributed by atoms with E-state index in [1.54, 1.807) is 26.4 Å². The van der Waals surface area contributed by atoms with Crippen molar-refractivity contribution in [1.29, 1.82) is 0 Å². The first-order valence-electron chi connectivity index (χ1n) is 9.33. The summed E-state index contributed by atoms with van der Waals surface area (Å²) in [5, 5.41) is 0. The lowest BCUT2D eigenvalue weighted by molar-refractivity contribution is -0.161. The van der Waals surface area contributed by atoms with Crippen molar-refractivity contribution in [2.45, 2.75) is 13.0 Å². The number of ether oxygens (including phenoxy) is 4. The molecule has 6 heteroatoms. The lowest BCUT2D eigenvalue weighted by Gasteiger charge is -2.35. The Hall–Kier alpha value is -3.12. The van der Waals surface area contributed by atoms with Crippen molar-refractivity contribution in [3.05, 3.63) is 65.2 Å². The number of Topliss-reactive ketones (excluding diaryl/α,β-unsaturated/α-hetero) is 1. The van der Waals surface area contributed by atoms with Crippen molar-refractivity contribution in [3.63, 3.8) is 0 Å². The van der Waals surface area contributed by atoms with Crippen molar-refractivity contribution in [3.8, 4) is 11.5 Å². The van der Waals surface area contributed by atoms with Crippen LogP contribution in [-0.2, 0) is 19.1 Å². The van der Waals surface area contributed by atoms with E-state index in [0.29, 0.717) is 11.3 Å². The standard InChI is InChI=1S/C23H22O6/c1-14(24)23-20(13-28-21(23)16-6-10-18(27-3)11-7-16)19(12-29-22(23)25)15-4-8-17(26-2)9-5-15/h4-11,21H,12-13H2,1-3H3. The van der Waals surface area contributed by atoms with E-state index >= 15 is 0 Å². The molecule has 0 aliphatic carbocycles. The Morgan fingerprint density at radius 1 is 0.966 bits per heavy atom. The predicted molar refractivity (Wildman–Crippen MR) is 106 cm³/mol. The van der Waals surface area contributed by atoms with Crippen LogP contribution in [0.4, 0.5) is 0 Å². The number of hydrogen-bond donors (Lipinski definition) is 0. The maximum Gasteiger partial charge on any atom is 0.327 e. The van der Waals surface area contributed by atoms with E-state index in [0.717, 1.165) is 22.4 Å². The third-order valence-electron chi connectivity index (χ3n) is 5.71. The van der Waals surface area contributed by atoms with Gasteiger partial charge in [-0.1, -0.05) is 24.3 Å². The number of esters is 1. The predicted octanol–water partition coefficient (Wildman–Crippen LogP) is 3.36. The van der Waals surface area contributed by atoms with E-state index < -0.39 is 17.5 Å². The number of carbonyl (C=O) groups excluding carboxylic acids is 2. The summed E-state index contributed by atoms with van der Waals surface area (Å²) in [6.45, 7) is 1.71. The first kappa shape index (κ1) is 19.2. The van der Waals surface area contributed by atoms with Crippen LogP contribution in [0.25, 0.3) is 5.57 Å². The number of methoxy groups -OCH3 is 2. The van der Waals surface area contributed by atoms with Gasteiger partial charge in [-0.2, -0.15) is 0 Å². The maximum absolute atomic E-state index is 13.0. The van der Waals surface area contributed by atoms with E-state index in [-0.39, 0.29) is 19.0 Å². The highest BCUT2D eigenvalue weighted by atomic mass is 16.5. The zero-order chi connectivity index (χ0) is 20.6. The van der Waals surface area contributed by atoms with Gasteiger partial charge in [0, 0.05) is 0 Å². The highest BCUT2D eigenvalue weighted by molar-refractivity contribution is 6.10. The quantitative estimate of drug-likeness (QED) is 0.572. The fourth-order valence-corrected chi connectivity index (χ4v) is 4.17. The number of benzene rings is 2. The molecule has 0 radical (unpaired) electrons. The van der Waals surface area contributed by atoms with Gasteiger partial charge in [-0.25, -0.2) is 0 Å². The van der Waals surface area contributed by atoms with E-state index in [1.807, 2.05) is 36.4 Å². The molecule has 2 aromatic rings. The minimum absolute atomic E-state index is 0.105. The molecular formula is C23H22O6. The van der Waals surface area contributed by atoms with Gasteiger partial charge in [-0.3, -0.25) is 9.59 Å². The van der Waals surface area contributed by atoms with E-state index in [9.17, 15) is 9.59 Å². The van der Waals surface area contributed by atoms with Crippen molar-refractivity contribution in [1.82, 2.24) is 0 Å². The summed E-state index contributed by atoms with van der Waals surface area (Å²) in [4.78, 5) is 26.0. The lowest BCUT2D eigenvalue weighted by atomic mass is 9.69. The Labute approximate surface area is 169 Å². The van der Waals surface area contributed by atoms with Crippen LogP contribution in [0.15, 0.2) is 54.1 Å². The molecule has 2 unspecified atom stereocenters. The van der Waals surface area contributed by atoms with Crippen LogP contribution in [0.2, 0.25) is 0 Å². The third-order valence-corrected chi connectivity index (χ3v) is 5.71. The zero-order valence-electron chi connectivity index (χ0n) is 16.6. The average Bonchev–Trinajstić information content (AvgIpc) is 3.17. The first-order chi connectivity index (χ1) is 14.0. The largest absolute Gasteiger partial charge is 0.497 e. The zero-order valence-corrected chi connectivity index (χ0v) is 16.6. The van der Waals surface area contributed by atoms with Crippen molar-refractivity contribution in [2.24, 2.45) is 5.41 Å². The molecule has 0 bridgehead atoms. The van der Waals surface area contributed by atoms with E-state index in [2.05, 4.69) is 0 Å². The number of cyclic esters (lactones) is 1. The van der Waals surface area contributed by atoms with Gasteiger partial charge >= 0.3 is 5.97 Å². The Morgan fingerprint density at radius 2 is 1.55 bits per heavy atom. The van der Waals surface area contributed by atoms with Crippen molar-refractivity contribution in [2.75, 3.05) is 27.4 Å². The van der Waals surface area contributed by atoms with Crippen molar-refractivity contribution >= 4 is 17.3 Å². The second kappa shape index (κ2) is 7.37. The third kappa shape index (κ3) is 2.91. The fourth-order valence-electron chi connectivity index (χ4n) is 4.17. The first-order valence-corrected chi connectivity index (χ1v) is 9.33. The lowest BCUT2D eigenvalue weighted by Crippen LogP contribution is -2.46. The highest BCUT2D eigenvalue weighted by Crippen LogP contribution is 2.54. The molecule has 4 rings (SSSR count). The SMILES string of the molecule is COc1ccc(C2=C3COC(c4ccc(OC)cc4)C3(C(C)=O)C(=O)OC2)cc1. The number of rotatable bonds is 5. The van der Waals surface area contributed by atoms with Crippen molar-refractivity contribution < 1.29 is 28.5 Å². The summed E-state index contributed by atoms with van der Waals surface area (Å²) in [7, 11) is 3.18. The van der Waals surface area contributed by atoms with Gasteiger partial charge in [0.1, 0.15) is 24.2 Å². The molecular weight excluding hydrogens is 372 g/mol. The van der Waals surface area contributed by atoms with Crippen LogP contribution in [0.5, 0.6) is 11.5 Å². The molecule has 2 aliphatic heterocycles. The molecule has 0 amide bonds. The summed E-state index contributed by atoms with van der Waals surface area (Å²) in [5.41, 5.74) is 1.59. The van der Waals surface area contributed by atoms with Gasteiger partial charge in [0.15, 0.2) is 11.2 Å². The topological polar surface area (TPSA) is 71.1 Å². The highest BCUT2D eigenvalue weighted by Gasteiger charge is 2.61. The van der Waals surface area contributed by atoms with Gasteiger partial charge in [0.25, 0.3) is 0 Å². The fraction of sp³-hybridized carbons (Fsp3) is 0.304. The minimum atomic E-state index is -1.48. The molecule has 2 heterocycles. The molecule has 0 aromatic heterocycles. The van der Waals surface area contributed by atoms with E-state index in [4.69, 9.17) is 18.9 Å². The molecule has 29 heavy (non-hydrogen) atoms. The van der Waals surface area contributed by atoms with Crippen LogP contribution in [0, 0.1) is 5.41 Å². The normalized spacial score (nSPS) is 23.4. The van der Waals surface area contributed by atoms with Crippen LogP contribution in [0.3, 0.4) is 0 Å². The molecule has 2 aliphatic rings. The molecule has 150 valence electrons.